The van der Waals surface area contributed by atoms with Gasteiger partial charge in [0, 0.05) is 13.0 Å². The fourth-order valence-electron chi connectivity index (χ4n) is 1.09. The SMILES string of the molecule is CCCC(O)CNC(=O)CCOCC(F)F. The highest BCUT2D eigenvalue weighted by Gasteiger charge is 2.07. The van der Waals surface area contributed by atoms with E-state index in [2.05, 4.69) is 10.1 Å². The van der Waals surface area contributed by atoms with Gasteiger partial charge in [0.25, 0.3) is 6.43 Å². The Morgan fingerprint density at radius 1 is 1.50 bits per heavy atom. The molecule has 0 aliphatic carbocycles. The molecule has 0 aliphatic rings. The highest BCUT2D eigenvalue weighted by atomic mass is 19.3. The molecular formula is C10H19F2NO3. The second-order valence-corrected chi connectivity index (χ2v) is 3.46. The lowest BCUT2D eigenvalue weighted by atomic mass is 10.2. The second kappa shape index (κ2) is 9.47. The smallest absolute Gasteiger partial charge is 0.261 e. The Bertz CT molecular complexity index is 191. The zero-order chi connectivity index (χ0) is 12.4. The second-order valence-electron chi connectivity index (χ2n) is 3.46. The fraction of sp³-hybridized carbons (Fsp3) is 0.900. The van der Waals surface area contributed by atoms with E-state index in [1.807, 2.05) is 6.92 Å². The molecule has 0 heterocycles. The summed E-state index contributed by atoms with van der Waals surface area (Å²) in [6, 6.07) is 0. The van der Waals surface area contributed by atoms with Crippen molar-refractivity contribution >= 4 is 5.91 Å². The van der Waals surface area contributed by atoms with Crippen molar-refractivity contribution < 1.29 is 23.4 Å². The first-order valence-corrected chi connectivity index (χ1v) is 5.37. The van der Waals surface area contributed by atoms with Gasteiger partial charge in [-0.2, -0.15) is 0 Å². The minimum atomic E-state index is -2.51. The number of aliphatic hydroxyl groups is 1. The minimum absolute atomic E-state index is 0.0277. The number of ether oxygens (including phenoxy) is 1. The summed E-state index contributed by atoms with van der Waals surface area (Å²) in [5, 5.41) is 11.8. The fourth-order valence-corrected chi connectivity index (χ4v) is 1.09. The van der Waals surface area contributed by atoms with E-state index in [-0.39, 0.29) is 25.5 Å². The molecule has 0 rings (SSSR count). The summed E-state index contributed by atoms with van der Waals surface area (Å²) in [6.07, 6.45) is -1.55. The summed E-state index contributed by atoms with van der Waals surface area (Å²) < 4.78 is 27.8. The van der Waals surface area contributed by atoms with E-state index in [0.717, 1.165) is 6.42 Å². The van der Waals surface area contributed by atoms with E-state index in [0.29, 0.717) is 6.42 Å². The van der Waals surface area contributed by atoms with Crippen LogP contribution in [-0.4, -0.2) is 43.3 Å². The zero-order valence-electron chi connectivity index (χ0n) is 9.42. The van der Waals surface area contributed by atoms with Crippen LogP contribution in [0.2, 0.25) is 0 Å². The van der Waals surface area contributed by atoms with Gasteiger partial charge in [0.1, 0.15) is 6.61 Å². The van der Waals surface area contributed by atoms with Crippen LogP contribution in [0.5, 0.6) is 0 Å². The number of carbonyl (C=O) groups excluding carboxylic acids is 1. The van der Waals surface area contributed by atoms with Crippen LogP contribution in [0.4, 0.5) is 8.78 Å². The monoisotopic (exact) mass is 239 g/mol. The van der Waals surface area contributed by atoms with Crippen molar-refractivity contribution in [3.63, 3.8) is 0 Å². The van der Waals surface area contributed by atoms with Crippen LogP contribution in [0.3, 0.4) is 0 Å². The average molecular weight is 239 g/mol. The molecule has 0 radical (unpaired) electrons. The Labute approximate surface area is 94.0 Å². The molecule has 0 spiro atoms. The Kier molecular flexibility index (Phi) is 9.03. The number of amides is 1. The first-order chi connectivity index (χ1) is 7.56. The van der Waals surface area contributed by atoms with Crippen LogP contribution >= 0.6 is 0 Å². The summed E-state index contributed by atoms with van der Waals surface area (Å²) in [5.41, 5.74) is 0. The first-order valence-electron chi connectivity index (χ1n) is 5.37. The summed E-state index contributed by atoms with van der Waals surface area (Å²) in [7, 11) is 0. The van der Waals surface area contributed by atoms with Crippen LogP contribution in [-0.2, 0) is 9.53 Å². The van der Waals surface area contributed by atoms with Gasteiger partial charge < -0.3 is 15.2 Å². The lowest BCUT2D eigenvalue weighted by Crippen LogP contribution is -2.32. The zero-order valence-corrected chi connectivity index (χ0v) is 9.42. The lowest BCUT2D eigenvalue weighted by Gasteiger charge is -2.10. The molecule has 0 aromatic carbocycles. The van der Waals surface area contributed by atoms with Crippen molar-refractivity contribution in [1.82, 2.24) is 5.32 Å². The Morgan fingerprint density at radius 2 is 2.19 bits per heavy atom. The standard InChI is InChI=1S/C10H19F2NO3/c1-2-3-8(14)6-13-10(15)4-5-16-7-9(11)12/h8-9,14H,2-7H2,1H3,(H,13,15). The number of rotatable bonds is 9. The predicted molar refractivity (Wildman–Crippen MR) is 55.4 cm³/mol. The molecule has 0 bridgehead atoms. The number of hydrogen-bond acceptors (Lipinski definition) is 3. The molecule has 4 nitrogen and oxygen atoms in total. The van der Waals surface area contributed by atoms with Gasteiger partial charge >= 0.3 is 0 Å². The summed E-state index contributed by atoms with van der Waals surface area (Å²) >= 11 is 0. The van der Waals surface area contributed by atoms with E-state index < -0.39 is 19.1 Å². The third-order valence-corrected chi connectivity index (χ3v) is 1.87. The molecule has 1 atom stereocenters. The molecule has 16 heavy (non-hydrogen) atoms. The minimum Gasteiger partial charge on any atom is -0.391 e. The van der Waals surface area contributed by atoms with Crippen LogP contribution in [0.15, 0.2) is 0 Å². The van der Waals surface area contributed by atoms with Crippen LogP contribution in [0.1, 0.15) is 26.2 Å². The van der Waals surface area contributed by atoms with E-state index >= 15 is 0 Å². The maximum atomic E-state index is 11.6. The normalized spacial score (nSPS) is 12.8. The summed E-state index contributed by atoms with van der Waals surface area (Å²) in [6.45, 7) is 1.45. The number of alkyl halides is 2. The van der Waals surface area contributed by atoms with Gasteiger partial charge in [-0.15, -0.1) is 0 Å². The maximum Gasteiger partial charge on any atom is 0.261 e. The van der Waals surface area contributed by atoms with Crippen molar-refractivity contribution in [3.8, 4) is 0 Å². The van der Waals surface area contributed by atoms with E-state index in [1.165, 1.54) is 0 Å². The van der Waals surface area contributed by atoms with Gasteiger partial charge in [-0.05, 0) is 6.42 Å². The number of nitrogens with one attached hydrogen (secondary N) is 1. The topological polar surface area (TPSA) is 58.6 Å². The van der Waals surface area contributed by atoms with Crippen LogP contribution < -0.4 is 5.32 Å². The summed E-state index contributed by atoms with van der Waals surface area (Å²) in [5.74, 6) is -0.301. The largest absolute Gasteiger partial charge is 0.391 e. The molecule has 1 amide bonds. The highest BCUT2D eigenvalue weighted by Crippen LogP contribution is 1.95. The van der Waals surface area contributed by atoms with Crippen molar-refractivity contribution in [2.45, 2.75) is 38.7 Å². The first kappa shape index (κ1) is 15.2. The highest BCUT2D eigenvalue weighted by molar-refractivity contribution is 5.75. The number of halogens is 2. The molecule has 1 unspecified atom stereocenters. The third kappa shape index (κ3) is 9.79. The molecule has 96 valence electrons. The van der Waals surface area contributed by atoms with Crippen molar-refractivity contribution in [2.75, 3.05) is 19.8 Å². The predicted octanol–water partition coefficient (Wildman–Crippen LogP) is 0.935. The van der Waals surface area contributed by atoms with Crippen molar-refractivity contribution in [1.29, 1.82) is 0 Å². The quantitative estimate of drug-likeness (QED) is 0.589. The molecular weight excluding hydrogens is 220 g/mol. The Balaban J connectivity index is 3.37. The van der Waals surface area contributed by atoms with Crippen LogP contribution in [0.25, 0.3) is 0 Å². The number of hydrogen-bond donors (Lipinski definition) is 2. The molecule has 0 saturated carbocycles. The van der Waals surface area contributed by atoms with Gasteiger partial charge in [-0.25, -0.2) is 8.78 Å². The molecule has 0 saturated heterocycles. The average Bonchev–Trinajstić information content (AvgIpc) is 2.22. The molecule has 0 aliphatic heterocycles. The Hall–Kier alpha value is -0.750. The van der Waals surface area contributed by atoms with Gasteiger partial charge in [0.15, 0.2) is 0 Å². The molecule has 2 N–H and O–H groups in total. The van der Waals surface area contributed by atoms with E-state index in [4.69, 9.17) is 0 Å². The summed E-state index contributed by atoms with van der Waals surface area (Å²) in [4.78, 5) is 11.1. The molecule has 0 aromatic heterocycles. The van der Waals surface area contributed by atoms with Crippen molar-refractivity contribution in [3.05, 3.63) is 0 Å². The third-order valence-electron chi connectivity index (χ3n) is 1.87. The van der Waals surface area contributed by atoms with E-state index in [1.54, 1.807) is 0 Å². The van der Waals surface area contributed by atoms with Gasteiger partial charge in [0.2, 0.25) is 5.91 Å². The lowest BCUT2D eigenvalue weighted by molar-refractivity contribution is -0.123. The van der Waals surface area contributed by atoms with Gasteiger partial charge in [-0.1, -0.05) is 13.3 Å². The Morgan fingerprint density at radius 3 is 2.75 bits per heavy atom. The number of carbonyl (C=O) groups is 1. The van der Waals surface area contributed by atoms with Gasteiger partial charge in [0.05, 0.1) is 12.7 Å². The van der Waals surface area contributed by atoms with Gasteiger partial charge in [-0.3, -0.25) is 4.79 Å². The van der Waals surface area contributed by atoms with E-state index in [9.17, 15) is 18.7 Å². The molecule has 6 heteroatoms. The molecule has 0 aromatic rings. The number of aliphatic hydroxyl groups excluding tert-OH is 1. The maximum absolute atomic E-state index is 11.6. The van der Waals surface area contributed by atoms with Crippen molar-refractivity contribution in [2.24, 2.45) is 0 Å². The van der Waals surface area contributed by atoms with Crippen LogP contribution in [0, 0.1) is 0 Å². The molecule has 0 fully saturated rings.